The molecule has 1 atom stereocenters. The van der Waals surface area contributed by atoms with Crippen LogP contribution in [0.5, 0.6) is 0 Å². The van der Waals surface area contributed by atoms with Crippen molar-refractivity contribution in [3.05, 3.63) is 12.2 Å². The van der Waals surface area contributed by atoms with E-state index < -0.39 is 8.56 Å². The molecule has 0 amide bonds. The van der Waals surface area contributed by atoms with Crippen LogP contribution < -0.4 is 0 Å². The predicted molar refractivity (Wildman–Crippen MR) is 65.4 cm³/mol. The van der Waals surface area contributed by atoms with Gasteiger partial charge < -0.3 is 13.6 Å². The van der Waals surface area contributed by atoms with Crippen molar-refractivity contribution in [1.29, 1.82) is 0 Å². The van der Waals surface area contributed by atoms with Crippen molar-refractivity contribution in [3.63, 3.8) is 0 Å². The molecule has 0 bridgehead atoms. The highest BCUT2D eigenvalue weighted by atomic mass is 28.4. The molecule has 16 heavy (non-hydrogen) atoms. The molecule has 0 aliphatic rings. The van der Waals surface area contributed by atoms with Crippen LogP contribution in [-0.4, -0.2) is 34.9 Å². The molecule has 0 saturated carbocycles. The molecule has 0 heterocycles. The summed E-state index contributed by atoms with van der Waals surface area (Å²) in [5, 5.41) is 0. The van der Waals surface area contributed by atoms with Crippen LogP contribution in [0.2, 0.25) is 12.6 Å². The molecule has 0 fully saturated rings. The fourth-order valence-electron chi connectivity index (χ4n) is 1.10. The standard InChI is InChI=1S/C11H22O4Si/c1-9(2)11(12)15-10(3)7-8-16(6,13-4)14-5/h10H,1,7-8H2,2-6H3. The van der Waals surface area contributed by atoms with E-state index in [1.807, 2.05) is 13.5 Å². The van der Waals surface area contributed by atoms with E-state index in [1.165, 1.54) is 0 Å². The maximum atomic E-state index is 11.2. The van der Waals surface area contributed by atoms with E-state index in [4.69, 9.17) is 13.6 Å². The molecule has 0 aromatic rings. The van der Waals surface area contributed by atoms with Gasteiger partial charge in [-0.15, -0.1) is 0 Å². The van der Waals surface area contributed by atoms with Crippen LogP contribution in [0.1, 0.15) is 20.3 Å². The van der Waals surface area contributed by atoms with Gasteiger partial charge in [0.15, 0.2) is 0 Å². The van der Waals surface area contributed by atoms with E-state index in [0.29, 0.717) is 5.57 Å². The predicted octanol–water partition coefficient (Wildman–Crippen LogP) is 2.25. The normalized spacial score (nSPS) is 13.3. The summed E-state index contributed by atoms with van der Waals surface area (Å²) in [6.45, 7) is 9.02. The second-order valence-corrected chi connectivity index (χ2v) is 7.66. The van der Waals surface area contributed by atoms with E-state index in [2.05, 4.69) is 6.58 Å². The summed E-state index contributed by atoms with van der Waals surface area (Å²) in [6, 6.07) is 0.796. The minimum atomic E-state index is -2.05. The van der Waals surface area contributed by atoms with Crippen molar-refractivity contribution in [2.24, 2.45) is 0 Å². The van der Waals surface area contributed by atoms with Gasteiger partial charge in [0.05, 0.1) is 6.10 Å². The molecular weight excluding hydrogens is 224 g/mol. The smallest absolute Gasteiger partial charge is 0.334 e. The Kier molecular flexibility index (Phi) is 6.55. The zero-order valence-corrected chi connectivity index (χ0v) is 11.8. The molecule has 0 aliphatic carbocycles. The number of hydrogen-bond donors (Lipinski definition) is 0. The van der Waals surface area contributed by atoms with E-state index in [0.717, 1.165) is 12.5 Å². The van der Waals surface area contributed by atoms with Gasteiger partial charge in [-0.25, -0.2) is 4.79 Å². The Balaban J connectivity index is 4.02. The van der Waals surface area contributed by atoms with Gasteiger partial charge in [0.1, 0.15) is 0 Å². The molecule has 0 spiro atoms. The van der Waals surface area contributed by atoms with Gasteiger partial charge in [0, 0.05) is 19.8 Å². The first-order valence-electron chi connectivity index (χ1n) is 5.31. The summed E-state index contributed by atoms with van der Waals surface area (Å²) in [4.78, 5) is 11.2. The highest BCUT2D eigenvalue weighted by Crippen LogP contribution is 2.16. The van der Waals surface area contributed by atoms with Gasteiger partial charge in [-0.05, 0) is 32.9 Å². The lowest BCUT2D eigenvalue weighted by atomic mass is 10.3. The van der Waals surface area contributed by atoms with Gasteiger partial charge >= 0.3 is 14.5 Å². The quantitative estimate of drug-likeness (QED) is 0.392. The lowest BCUT2D eigenvalue weighted by molar-refractivity contribution is -0.143. The Morgan fingerprint density at radius 3 is 2.25 bits per heavy atom. The number of ether oxygens (including phenoxy) is 1. The van der Waals surface area contributed by atoms with Crippen LogP contribution in [0.25, 0.3) is 0 Å². The van der Waals surface area contributed by atoms with Crippen LogP contribution >= 0.6 is 0 Å². The molecule has 0 rings (SSSR count). The maximum Gasteiger partial charge on any atom is 0.334 e. The molecule has 0 radical (unpaired) electrons. The average Bonchev–Trinajstić information content (AvgIpc) is 2.25. The average molecular weight is 246 g/mol. The summed E-state index contributed by atoms with van der Waals surface area (Å²) >= 11 is 0. The van der Waals surface area contributed by atoms with Crippen molar-refractivity contribution in [2.75, 3.05) is 14.2 Å². The van der Waals surface area contributed by atoms with Crippen molar-refractivity contribution in [2.45, 2.75) is 39.0 Å². The van der Waals surface area contributed by atoms with Crippen molar-refractivity contribution in [1.82, 2.24) is 0 Å². The van der Waals surface area contributed by atoms with Gasteiger partial charge in [-0.3, -0.25) is 0 Å². The SMILES string of the molecule is C=C(C)C(=O)OC(C)CC[Si](C)(OC)OC. The van der Waals surface area contributed by atoms with Crippen LogP contribution in [0.15, 0.2) is 12.2 Å². The minimum Gasteiger partial charge on any atom is -0.459 e. The third-order valence-electron chi connectivity index (χ3n) is 2.53. The number of rotatable bonds is 7. The number of hydrogen-bond acceptors (Lipinski definition) is 4. The third-order valence-corrected chi connectivity index (χ3v) is 5.45. The molecule has 0 saturated heterocycles. The van der Waals surface area contributed by atoms with Gasteiger partial charge in [-0.1, -0.05) is 6.58 Å². The molecule has 0 N–H and O–H groups in total. The zero-order chi connectivity index (χ0) is 12.8. The molecule has 0 aromatic heterocycles. The molecule has 94 valence electrons. The van der Waals surface area contributed by atoms with Crippen molar-refractivity contribution < 1.29 is 18.4 Å². The van der Waals surface area contributed by atoms with E-state index in [1.54, 1.807) is 21.1 Å². The number of carbonyl (C=O) groups is 1. The third kappa shape index (κ3) is 5.44. The van der Waals surface area contributed by atoms with E-state index in [-0.39, 0.29) is 12.1 Å². The molecule has 1 unspecified atom stereocenters. The Morgan fingerprint density at radius 1 is 1.38 bits per heavy atom. The summed E-state index contributed by atoms with van der Waals surface area (Å²) in [5.74, 6) is -0.342. The topological polar surface area (TPSA) is 44.8 Å². The molecule has 5 heteroatoms. The Hall–Kier alpha value is -0.653. The first-order chi connectivity index (χ1) is 7.34. The fourth-order valence-corrected chi connectivity index (χ4v) is 2.60. The van der Waals surface area contributed by atoms with E-state index in [9.17, 15) is 4.79 Å². The highest BCUT2D eigenvalue weighted by molar-refractivity contribution is 6.65. The first kappa shape index (κ1) is 15.3. The Labute approximate surface area is 98.8 Å². The lowest BCUT2D eigenvalue weighted by Crippen LogP contribution is -2.37. The number of esters is 1. The van der Waals surface area contributed by atoms with E-state index >= 15 is 0 Å². The second kappa shape index (κ2) is 6.83. The summed E-state index contributed by atoms with van der Waals surface area (Å²) in [5.41, 5.74) is 0.422. The van der Waals surface area contributed by atoms with Gasteiger partial charge in [0.25, 0.3) is 0 Å². The van der Waals surface area contributed by atoms with Gasteiger partial charge in [-0.2, -0.15) is 0 Å². The van der Waals surface area contributed by atoms with Crippen LogP contribution in [0.4, 0.5) is 0 Å². The number of carbonyl (C=O) groups excluding carboxylic acids is 1. The fraction of sp³-hybridized carbons (Fsp3) is 0.727. The van der Waals surface area contributed by atoms with Crippen LogP contribution in [0.3, 0.4) is 0 Å². The second-order valence-electron chi connectivity index (χ2n) is 4.08. The maximum absolute atomic E-state index is 11.2. The van der Waals surface area contributed by atoms with Crippen LogP contribution in [0, 0.1) is 0 Å². The minimum absolute atomic E-state index is 0.138. The summed E-state index contributed by atoms with van der Waals surface area (Å²) < 4.78 is 15.9. The zero-order valence-electron chi connectivity index (χ0n) is 10.8. The largest absolute Gasteiger partial charge is 0.459 e. The van der Waals surface area contributed by atoms with Crippen molar-refractivity contribution in [3.8, 4) is 0 Å². The Morgan fingerprint density at radius 2 is 1.88 bits per heavy atom. The van der Waals surface area contributed by atoms with Crippen molar-refractivity contribution >= 4 is 14.5 Å². The monoisotopic (exact) mass is 246 g/mol. The molecule has 0 aliphatic heterocycles. The summed E-state index contributed by atoms with van der Waals surface area (Å²) in [7, 11) is 1.25. The highest BCUT2D eigenvalue weighted by Gasteiger charge is 2.29. The van der Waals surface area contributed by atoms with Gasteiger partial charge in [0.2, 0.25) is 0 Å². The Bertz CT molecular complexity index is 248. The molecule has 0 aromatic carbocycles. The lowest BCUT2D eigenvalue weighted by Gasteiger charge is -2.24. The first-order valence-corrected chi connectivity index (χ1v) is 7.84. The molecular formula is C11H22O4Si. The van der Waals surface area contributed by atoms with Crippen LogP contribution in [-0.2, 0) is 18.4 Å². The summed E-state index contributed by atoms with van der Waals surface area (Å²) in [6.07, 6.45) is 0.602. The molecule has 4 nitrogen and oxygen atoms in total.